The lowest BCUT2D eigenvalue weighted by Gasteiger charge is -2.08. The molecule has 0 N–H and O–H groups in total. The number of carbonyl (C=O) groups excluding carboxylic acids is 1. The number of benzene rings is 2. The van der Waals surface area contributed by atoms with Crippen molar-refractivity contribution in [2.75, 3.05) is 6.61 Å². The number of nitrogens with zero attached hydrogens (tertiary/aromatic N) is 1. The molecule has 0 spiro atoms. The number of esters is 1. The van der Waals surface area contributed by atoms with Gasteiger partial charge in [0.25, 0.3) is 0 Å². The van der Waals surface area contributed by atoms with Crippen LogP contribution in [0.3, 0.4) is 0 Å². The van der Waals surface area contributed by atoms with Crippen molar-refractivity contribution in [2.24, 2.45) is 0 Å². The van der Waals surface area contributed by atoms with Gasteiger partial charge in [0.1, 0.15) is 0 Å². The molecule has 1 heterocycles. The molecule has 0 amide bonds. The minimum Gasteiger partial charge on any atom is -0.464 e. The molecule has 3 aromatic rings. The van der Waals surface area contributed by atoms with E-state index < -0.39 is 23.5 Å². The summed E-state index contributed by atoms with van der Waals surface area (Å²) in [5.74, 6) is 0.0754. The average molecular weight is 391 g/mol. The lowest BCUT2D eigenvalue weighted by Crippen LogP contribution is -2.24. The molecule has 2 saturated carbocycles. The van der Waals surface area contributed by atoms with Crippen LogP contribution in [0, 0.1) is 0 Å². The summed E-state index contributed by atoms with van der Waals surface area (Å²) in [5, 5.41) is 0. The number of oxazole rings is 1. The van der Waals surface area contributed by atoms with Crippen molar-refractivity contribution < 1.29 is 18.3 Å². The van der Waals surface area contributed by atoms with Crippen molar-refractivity contribution in [3.63, 3.8) is 0 Å². The van der Waals surface area contributed by atoms with Gasteiger partial charge < -0.3 is 9.15 Å². The van der Waals surface area contributed by atoms with Gasteiger partial charge in [0.15, 0.2) is 11.7 Å². The predicted octanol–water partition coefficient (Wildman–Crippen LogP) is 5.37. The zero-order chi connectivity index (χ0) is 20.0. The van der Waals surface area contributed by atoms with E-state index in [-0.39, 0.29) is 6.61 Å². The maximum atomic E-state index is 15.8. The first kappa shape index (κ1) is 18.1. The molecule has 148 valence electrons. The molecule has 0 unspecified atom stereocenters. The normalized spacial score (nSPS) is 25.6. The largest absolute Gasteiger partial charge is 0.464 e. The smallest absolute Gasteiger partial charge is 0.345 e. The third-order valence-corrected chi connectivity index (χ3v) is 5.88. The van der Waals surface area contributed by atoms with Crippen LogP contribution in [0.2, 0.25) is 0 Å². The summed E-state index contributed by atoms with van der Waals surface area (Å²) in [6.45, 7) is 1.85. The quantitative estimate of drug-likeness (QED) is 0.530. The number of halogens is 1. The first-order chi connectivity index (χ1) is 14.1. The third-order valence-electron chi connectivity index (χ3n) is 5.88. The third kappa shape index (κ3) is 3.05. The SMILES string of the molecule is CCOC(=O)[C@]1(F)[C@H](c2ccccc2)[C@H]1c1ccc(-c2cnc(C3CC3)o2)cc1. The second-order valence-corrected chi connectivity index (χ2v) is 7.81. The van der Waals surface area contributed by atoms with Crippen molar-refractivity contribution in [1.82, 2.24) is 4.98 Å². The molecule has 5 rings (SSSR count). The van der Waals surface area contributed by atoms with Crippen LogP contribution in [0.15, 0.2) is 65.2 Å². The monoisotopic (exact) mass is 391 g/mol. The highest BCUT2D eigenvalue weighted by atomic mass is 19.1. The molecular formula is C24H22FNO3. The summed E-state index contributed by atoms with van der Waals surface area (Å²) >= 11 is 0. The van der Waals surface area contributed by atoms with E-state index in [1.165, 1.54) is 0 Å². The van der Waals surface area contributed by atoms with Gasteiger partial charge in [0, 0.05) is 23.3 Å². The van der Waals surface area contributed by atoms with Gasteiger partial charge in [-0.05, 0) is 30.9 Å². The maximum Gasteiger partial charge on any atom is 0.345 e. The fourth-order valence-electron chi connectivity index (χ4n) is 4.18. The van der Waals surface area contributed by atoms with Gasteiger partial charge in [-0.3, -0.25) is 0 Å². The molecular weight excluding hydrogens is 369 g/mol. The molecule has 0 saturated heterocycles. The van der Waals surface area contributed by atoms with Crippen LogP contribution in [0.4, 0.5) is 4.39 Å². The Kier molecular flexibility index (Phi) is 4.26. The molecule has 2 aliphatic rings. The molecule has 0 bridgehead atoms. The molecule has 2 aromatic carbocycles. The van der Waals surface area contributed by atoms with Gasteiger partial charge in [0.05, 0.1) is 12.8 Å². The number of hydrogen-bond acceptors (Lipinski definition) is 4. The van der Waals surface area contributed by atoms with E-state index in [1.54, 1.807) is 13.1 Å². The Hall–Kier alpha value is -2.95. The number of aromatic nitrogens is 1. The molecule has 0 radical (unpaired) electrons. The fourth-order valence-corrected chi connectivity index (χ4v) is 4.18. The van der Waals surface area contributed by atoms with Gasteiger partial charge in [0.2, 0.25) is 5.67 Å². The van der Waals surface area contributed by atoms with E-state index in [1.807, 2.05) is 54.6 Å². The fraction of sp³-hybridized carbons (Fsp3) is 0.333. The van der Waals surface area contributed by atoms with Gasteiger partial charge in [-0.2, -0.15) is 0 Å². The lowest BCUT2D eigenvalue weighted by atomic mass is 10.0. The van der Waals surface area contributed by atoms with Crippen LogP contribution in [-0.4, -0.2) is 23.2 Å². The highest BCUT2D eigenvalue weighted by Gasteiger charge is 2.73. The Balaban J connectivity index is 1.44. The van der Waals surface area contributed by atoms with Gasteiger partial charge in [-0.15, -0.1) is 0 Å². The molecule has 0 aliphatic heterocycles. The molecule has 2 aliphatic carbocycles. The van der Waals surface area contributed by atoms with Crippen molar-refractivity contribution in [1.29, 1.82) is 0 Å². The van der Waals surface area contributed by atoms with E-state index in [4.69, 9.17) is 9.15 Å². The Morgan fingerprint density at radius 2 is 1.76 bits per heavy atom. The van der Waals surface area contributed by atoms with Crippen molar-refractivity contribution >= 4 is 5.97 Å². The van der Waals surface area contributed by atoms with E-state index in [0.717, 1.165) is 35.4 Å². The van der Waals surface area contributed by atoms with Crippen LogP contribution >= 0.6 is 0 Å². The zero-order valence-corrected chi connectivity index (χ0v) is 16.2. The number of carbonyl (C=O) groups is 1. The summed E-state index contributed by atoms with van der Waals surface area (Å²) in [4.78, 5) is 16.8. The molecule has 3 atom stereocenters. The second kappa shape index (κ2) is 6.83. The minimum absolute atomic E-state index is 0.159. The van der Waals surface area contributed by atoms with Crippen LogP contribution < -0.4 is 0 Å². The minimum atomic E-state index is -2.04. The topological polar surface area (TPSA) is 52.3 Å². The zero-order valence-electron chi connectivity index (χ0n) is 16.2. The standard InChI is InChI=1S/C24H22FNO3/c1-2-28-23(27)24(25)20(16-6-4-3-5-7-16)21(24)17-10-8-15(9-11-17)19-14-26-22(29-19)18-12-13-18/h3-11,14,18,20-21H,2,12-13H2,1H3/t20-,21-,24+/m1/s1. The number of ether oxygens (including phenoxy) is 1. The van der Waals surface area contributed by atoms with Crippen LogP contribution in [0.1, 0.15) is 54.5 Å². The summed E-state index contributed by atoms with van der Waals surface area (Å²) in [6.07, 6.45) is 4.01. The number of hydrogen-bond donors (Lipinski definition) is 0. The highest BCUT2D eigenvalue weighted by molar-refractivity contribution is 5.88. The average Bonchev–Trinajstić information content (AvgIpc) is 3.65. The highest BCUT2D eigenvalue weighted by Crippen LogP contribution is 2.66. The second-order valence-electron chi connectivity index (χ2n) is 7.81. The van der Waals surface area contributed by atoms with E-state index in [2.05, 4.69) is 4.98 Å². The van der Waals surface area contributed by atoms with Crippen molar-refractivity contribution in [3.05, 3.63) is 77.8 Å². The van der Waals surface area contributed by atoms with E-state index in [9.17, 15) is 4.79 Å². The van der Waals surface area contributed by atoms with Crippen molar-refractivity contribution in [3.8, 4) is 11.3 Å². The number of rotatable bonds is 6. The molecule has 1 aromatic heterocycles. The lowest BCUT2D eigenvalue weighted by molar-refractivity contribution is -0.151. The van der Waals surface area contributed by atoms with Crippen LogP contribution in [-0.2, 0) is 9.53 Å². The first-order valence-corrected chi connectivity index (χ1v) is 10.1. The molecule has 2 fully saturated rings. The Labute approximate surface area is 168 Å². The van der Waals surface area contributed by atoms with E-state index >= 15 is 4.39 Å². The molecule has 29 heavy (non-hydrogen) atoms. The first-order valence-electron chi connectivity index (χ1n) is 10.1. The summed E-state index contributed by atoms with van der Waals surface area (Å²) in [7, 11) is 0. The van der Waals surface area contributed by atoms with Gasteiger partial charge in [-0.1, -0.05) is 54.6 Å². The summed E-state index contributed by atoms with van der Waals surface area (Å²) < 4.78 is 26.7. The molecule has 4 nitrogen and oxygen atoms in total. The maximum absolute atomic E-state index is 15.8. The Bertz CT molecular complexity index is 1030. The van der Waals surface area contributed by atoms with Gasteiger partial charge >= 0.3 is 5.97 Å². The molecule has 5 heteroatoms. The van der Waals surface area contributed by atoms with E-state index in [0.29, 0.717) is 11.7 Å². The van der Waals surface area contributed by atoms with Crippen LogP contribution in [0.25, 0.3) is 11.3 Å². The predicted molar refractivity (Wildman–Crippen MR) is 106 cm³/mol. The van der Waals surface area contributed by atoms with Crippen LogP contribution in [0.5, 0.6) is 0 Å². The number of alkyl halides is 1. The van der Waals surface area contributed by atoms with Crippen molar-refractivity contribution in [2.45, 2.75) is 43.2 Å². The summed E-state index contributed by atoms with van der Waals surface area (Å²) in [5.41, 5.74) is 0.441. The Morgan fingerprint density at radius 3 is 2.38 bits per heavy atom. The summed E-state index contributed by atoms with van der Waals surface area (Å²) in [6, 6.07) is 16.9. The Morgan fingerprint density at radius 1 is 1.10 bits per heavy atom. The van der Waals surface area contributed by atoms with Gasteiger partial charge in [-0.25, -0.2) is 14.2 Å².